The lowest BCUT2D eigenvalue weighted by Crippen LogP contribution is -2.50. The number of Topliss-reactive ketones (excluding diaryl/α,β-unsaturated/α-hetero) is 2. The highest BCUT2D eigenvalue weighted by Gasteiger charge is 2.30. The van der Waals surface area contributed by atoms with Crippen LogP contribution < -0.4 is 42.1 Å². The molecule has 0 spiro atoms. The van der Waals surface area contributed by atoms with Crippen molar-refractivity contribution in [2.45, 2.75) is 118 Å². The highest BCUT2D eigenvalue weighted by Crippen LogP contribution is 2.31. The number of ketones is 2. The lowest BCUT2D eigenvalue weighted by atomic mass is 9.97. The summed E-state index contributed by atoms with van der Waals surface area (Å²) in [4.78, 5) is 121. The Kier molecular flexibility index (Phi) is 28.7. The molecule has 6 aromatic heterocycles. The predicted octanol–water partition coefficient (Wildman–Crippen LogP) is 14.0. The number of hydrogen-bond donors (Lipinski definition) is 6. The van der Waals surface area contributed by atoms with E-state index in [2.05, 4.69) is 55.7 Å². The minimum absolute atomic E-state index is 0.0120. The van der Waals surface area contributed by atoms with Gasteiger partial charge in [-0.3, -0.25) is 35.2 Å². The molecule has 12 rings (SSSR count). The molecular formula is C85H102N16O12. The van der Waals surface area contributed by atoms with E-state index in [1.165, 1.54) is 12.3 Å². The van der Waals surface area contributed by atoms with E-state index in [1.807, 2.05) is 164 Å². The van der Waals surface area contributed by atoms with E-state index in [9.17, 15) is 33.6 Å². The number of nitrogen functional groups attached to an aromatic ring is 2. The molecule has 0 unspecified atom stereocenters. The lowest BCUT2D eigenvalue weighted by Gasteiger charge is -2.36. The molecule has 9 aromatic rings. The van der Waals surface area contributed by atoms with Crippen molar-refractivity contribution in [3.63, 3.8) is 0 Å². The van der Waals surface area contributed by atoms with E-state index in [4.69, 9.17) is 35.5 Å². The molecule has 28 nitrogen and oxygen atoms in total. The lowest BCUT2D eigenvalue weighted by molar-refractivity contribution is 0.0230. The van der Waals surface area contributed by atoms with Crippen molar-refractivity contribution in [1.82, 2.24) is 45.0 Å². The Hall–Kier alpha value is -12.6. The number of carboxylic acids is 1. The molecule has 3 aliphatic rings. The maximum Gasteiger partial charge on any atom is 0.412 e. The number of pyridine rings is 6. The number of aromatic carboxylic acids is 1. The Labute approximate surface area is 659 Å². The minimum atomic E-state index is -0.992. The molecule has 0 atom stereocenters. The first-order valence-corrected chi connectivity index (χ1v) is 37.3. The van der Waals surface area contributed by atoms with Gasteiger partial charge in [-0.25, -0.2) is 38.9 Å². The van der Waals surface area contributed by atoms with Crippen molar-refractivity contribution in [2.75, 3.05) is 115 Å². The fourth-order valence-corrected chi connectivity index (χ4v) is 11.8. The van der Waals surface area contributed by atoms with E-state index in [-0.39, 0.29) is 42.2 Å². The van der Waals surface area contributed by atoms with Crippen molar-refractivity contribution in [3.05, 3.63) is 211 Å². The summed E-state index contributed by atoms with van der Waals surface area (Å²) in [5.74, 6) is 1.25. The van der Waals surface area contributed by atoms with Crippen molar-refractivity contribution < 1.29 is 57.6 Å². The summed E-state index contributed by atoms with van der Waals surface area (Å²) in [7, 11) is 0. The fourth-order valence-electron chi connectivity index (χ4n) is 11.8. The number of aromatic nitrogens is 6. The van der Waals surface area contributed by atoms with Gasteiger partial charge in [-0.05, 0) is 237 Å². The number of benzene rings is 3. The van der Waals surface area contributed by atoms with Crippen LogP contribution in [-0.2, 0) is 31.8 Å². The molecule has 0 saturated carbocycles. The number of carbonyl (C=O) groups is 7. The number of nitrogens with one attached hydrogen (secondary N) is 3. The maximum absolute atomic E-state index is 13.4. The number of rotatable bonds is 15. The first-order valence-electron chi connectivity index (χ1n) is 37.3. The molecule has 0 bridgehead atoms. The molecule has 28 heteroatoms. The van der Waals surface area contributed by atoms with Gasteiger partial charge < -0.3 is 65.3 Å². The van der Waals surface area contributed by atoms with Crippen molar-refractivity contribution in [3.8, 4) is 33.4 Å². The molecular weight excluding hydrogens is 1440 g/mol. The van der Waals surface area contributed by atoms with Gasteiger partial charge in [0.15, 0.2) is 11.6 Å². The van der Waals surface area contributed by atoms with Crippen LogP contribution in [0.2, 0.25) is 0 Å². The zero-order valence-corrected chi connectivity index (χ0v) is 66.2. The Morgan fingerprint density at radius 1 is 0.389 bits per heavy atom. The monoisotopic (exact) mass is 1540 g/mol. The summed E-state index contributed by atoms with van der Waals surface area (Å²) in [6.45, 7) is 30.3. The van der Waals surface area contributed by atoms with Crippen LogP contribution in [0.15, 0.2) is 183 Å². The number of piperazine rings is 3. The van der Waals surface area contributed by atoms with Gasteiger partial charge in [-0.2, -0.15) is 0 Å². The van der Waals surface area contributed by atoms with Crippen LogP contribution in [0.5, 0.6) is 0 Å². The van der Waals surface area contributed by atoms with Crippen molar-refractivity contribution in [2.24, 2.45) is 0 Å². The molecule has 4 amide bonds. The highest BCUT2D eigenvalue weighted by atomic mass is 16.6. The second-order valence-electron chi connectivity index (χ2n) is 30.9. The molecule has 3 saturated heterocycles. The predicted molar refractivity (Wildman–Crippen MR) is 438 cm³/mol. The Morgan fingerprint density at radius 3 is 1.11 bits per heavy atom. The number of nitrogens with zero attached hydrogens (tertiary/aromatic N) is 11. The van der Waals surface area contributed by atoms with Crippen LogP contribution in [0.25, 0.3) is 33.4 Å². The molecule has 3 aromatic carbocycles. The highest BCUT2D eigenvalue weighted by molar-refractivity contribution is 6.00. The molecule has 594 valence electrons. The fraction of sp³-hybridized carbons (Fsp3) is 0.353. The summed E-state index contributed by atoms with van der Waals surface area (Å²) in [5.41, 5.74) is 20.6. The van der Waals surface area contributed by atoms with Crippen LogP contribution in [0.3, 0.4) is 0 Å². The van der Waals surface area contributed by atoms with Gasteiger partial charge in [-0.15, -0.1) is 0 Å². The van der Waals surface area contributed by atoms with E-state index < -0.39 is 40.6 Å². The van der Waals surface area contributed by atoms with Gasteiger partial charge in [0.2, 0.25) is 0 Å². The molecule has 3 aliphatic heterocycles. The smallest absolute Gasteiger partial charge is 0.412 e. The number of nitrogens with two attached hydrogens (primary N) is 2. The standard InChI is InChI=1S/C32H39N5O5.C22H23N5O.C16H19N3O2.C15H21N3O4/c1-31(2,3)41-29(39)35-26-9-7-23(22-11-13-33-14-12-22)19-25(26)20-27(38)24-8-10-28(34-21-24)36-15-17-37(18-16-36)30(40)42-32(4,5)6;23-20-3-1-17(16-5-7-24-8-6-16)13-19(20)14-21(28)18-2-4-22(26-15-18)27-11-9-25-10-12-27;1-16(2,3)21-15(20)19-14-5-4-12(10-13(14)17)11-6-8-18-9-7-11;1-15(2,3)22-14(21)18-8-6-17(7-9-18)12-5-4-11(10-16-12)13(19)20/h7-14,19,21H,15-18,20H2,1-6H3,(H,35,39);1-8,13,15,25H,9-12,14,23H2;4-10H,17H2,1-3H3,(H,19,20);4-5,10H,6-9H2,1-3H3,(H,19,20). The third-order valence-electron chi connectivity index (χ3n) is 17.4. The van der Waals surface area contributed by atoms with Gasteiger partial charge in [0.05, 0.1) is 16.9 Å². The number of hydrogen-bond acceptors (Lipinski definition) is 23. The number of anilines is 7. The summed E-state index contributed by atoms with van der Waals surface area (Å²) < 4.78 is 21.4. The van der Waals surface area contributed by atoms with Gasteiger partial charge in [0.25, 0.3) is 0 Å². The number of ether oxygens (including phenoxy) is 4. The van der Waals surface area contributed by atoms with Gasteiger partial charge in [0.1, 0.15) is 39.9 Å². The SMILES string of the molecule is CC(C)(C)OC(=O)N1CCN(c2ccc(C(=O)O)cn2)CC1.CC(C)(C)OC(=O)Nc1ccc(-c2ccncc2)cc1CC(=O)c1ccc(N2CCN(C(=O)OC(C)(C)C)CC2)nc1.CC(C)(C)OC(=O)Nc1ccc(-c2ccncc2)cc1N.Nc1ccc(-c2ccncc2)cc1CC(=O)c1ccc(N2CCNCC2)nc1. The normalized spacial score (nSPS) is 13.7. The zero-order chi connectivity index (χ0) is 81.6. The molecule has 3 fully saturated rings. The zero-order valence-electron chi connectivity index (χ0n) is 66.2. The largest absolute Gasteiger partial charge is 0.478 e. The van der Waals surface area contributed by atoms with Crippen LogP contribution in [0, 0.1) is 0 Å². The van der Waals surface area contributed by atoms with Crippen LogP contribution >= 0.6 is 0 Å². The number of amides is 4. The summed E-state index contributed by atoms with van der Waals surface area (Å²) in [6, 6.07) is 38.8. The minimum Gasteiger partial charge on any atom is -0.478 e. The Bertz CT molecular complexity index is 4690. The summed E-state index contributed by atoms with van der Waals surface area (Å²) in [5, 5.41) is 17.6. The maximum atomic E-state index is 13.4. The summed E-state index contributed by atoms with van der Waals surface area (Å²) in [6.07, 6.45) is 13.5. The van der Waals surface area contributed by atoms with Gasteiger partial charge in [0, 0.05) is 170 Å². The first kappa shape index (κ1) is 84.4. The van der Waals surface area contributed by atoms with Gasteiger partial charge >= 0.3 is 30.3 Å². The molecule has 0 aliphatic carbocycles. The van der Waals surface area contributed by atoms with Crippen LogP contribution in [0.1, 0.15) is 125 Å². The van der Waals surface area contributed by atoms with Crippen molar-refractivity contribution in [1.29, 1.82) is 0 Å². The van der Waals surface area contributed by atoms with Crippen LogP contribution in [0.4, 0.5) is 59.4 Å². The first-order chi connectivity index (χ1) is 53.6. The Balaban J connectivity index is 0.000000180. The third kappa shape index (κ3) is 26.6. The van der Waals surface area contributed by atoms with Gasteiger partial charge in [-0.1, -0.05) is 18.2 Å². The number of carbonyl (C=O) groups excluding carboxylic acids is 6. The average Bonchev–Trinajstić information content (AvgIpc) is 0.815. The number of carboxylic acid groups (broad SMARTS) is 1. The van der Waals surface area contributed by atoms with Crippen LogP contribution in [-0.4, -0.2) is 188 Å². The van der Waals surface area contributed by atoms with E-state index in [1.54, 1.807) is 104 Å². The van der Waals surface area contributed by atoms with Crippen molar-refractivity contribution >= 4 is 82.1 Å². The topological polar surface area (TPSA) is 358 Å². The molecule has 113 heavy (non-hydrogen) atoms. The molecule has 8 N–H and O–H groups in total. The van der Waals surface area contributed by atoms with E-state index in [0.717, 1.165) is 76.8 Å². The summed E-state index contributed by atoms with van der Waals surface area (Å²) >= 11 is 0. The quantitative estimate of drug-likeness (QED) is 0.0315. The third-order valence-corrected chi connectivity index (χ3v) is 17.4. The Morgan fingerprint density at radius 2 is 0.735 bits per heavy atom. The average molecular weight is 1540 g/mol. The van der Waals surface area contributed by atoms with E-state index >= 15 is 0 Å². The second-order valence-corrected chi connectivity index (χ2v) is 30.9. The second kappa shape index (κ2) is 38.4. The van der Waals surface area contributed by atoms with E-state index in [0.29, 0.717) is 97.6 Å². The molecule has 9 heterocycles. The molecule has 0 radical (unpaired) electrons.